The monoisotopic (exact) mass is 1180 g/mol. The van der Waals surface area contributed by atoms with Gasteiger partial charge in [0.15, 0.2) is 46.0 Å². The van der Waals surface area contributed by atoms with E-state index in [1.54, 1.807) is 0 Å². The van der Waals surface area contributed by atoms with Gasteiger partial charge in [0.2, 0.25) is 0 Å². The number of hydrogen-bond donors (Lipinski definition) is 0. The minimum Gasteiger partial charge on any atom is -0.451 e. The van der Waals surface area contributed by atoms with Gasteiger partial charge in [-0.15, -0.1) is 0 Å². The zero-order valence-electron chi connectivity index (χ0n) is 45.4. The molecule has 0 fully saturated rings. The highest BCUT2D eigenvalue weighted by molar-refractivity contribution is 6.36. The Balaban J connectivity index is 0.000000132. The van der Waals surface area contributed by atoms with Gasteiger partial charge in [0.1, 0.15) is 64.3 Å². The summed E-state index contributed by atoms with van der Waals surface area (Å²) in [5.41, 5.74) is 11.7. The number of halogens is 4. The summed E-state index contributed by atoms with van der Waals surface area (Å²) in [6, 6.07) is 49.7. The molecule has 0 saturated carbocycles. The molecule has 0 unspecified atom stereocenters. The molecule has 0 aliphatic carbocycles. The Kier molecular flexibility index (Phi) is 10.8. The first-order valence-electron chi connectivity index (χ1n) is 28.0. The van der Waals surface area contributed by atoms with Crippen molar-refractivity contribution in [3.05, 3.63) is 187 Å². The van der Waals surface area contributed by atoms with Crippen LogP contribution in [0.3, 0.4) is 0 Å². The van der Waals surface area contributed by atoms with Gasteiger partial charge in [-0.25, -0.2) is 20.0 Å². The van der Waals surface area contributed by atoms with Crippen LogP contribution in [0.25, 0.3) is 87.2 Å². The molecular formula is C68H44Cl4N8O4. The first-order chi connectivity index (χ1) is 41.1. The lowest BCUT2D eigenvalue weighted by molar-refractivity contribution is 0.452. The van der Waals surface area contributed by atoms with Crippen LogP contribution in [0.2, 0.25) is 20.1 Å². The van der Waals surface area contributed by atoms with Crippen LogP contribution in [-0.4, -0.2) is 18.3 Å². The molecule has 0 atom stereocenters. The standard InChI is InChI=1S/2C34H22Cl2N4O2/c1-3-39-23-11-7-5-9-17(23)19-13-21-27(15-25(19)39)41-33-29(35)32-34(30(36)31(33)37-21)42-28-16-26-20(14-22(28)38-32)18-10-6-8-12-24(18)40(26)4-2;1-3-39-21-11-7-5-9-17(21)25-23(39)15-13-19-31(25)41-33-27(35)30-34(28(36)29(33)37-19)42-32-20(38-30)14-16-24-26(32)18-10-6-8-12-22(18)40(24)4-2/h2*5-16H,3-4H2,1-2H3. The first-order valence-corrected chi connectivity index (χ1v) is 29.5. The van der Waals surface area contributed by atoms with Crippen LogP contribution in [0.1, 0.15) is 27.7 Å². The predicted octanol–water partition coefficient (Wildman–Crippen LogP) is 18.7. The summed E-state index contributed by atoms with van der Waals surface area (Å²) in [5, 5.41) is 11.8. The first kappa shape index (κ1) is 49.6. The lowest BCUT2D eigenvalue weighted by Gasteiger charge is -2.22. The van der Waals surface area contributed by atoms with Gasteiger partial charge in [0, 0.05) is 92.7 Å². The quantitative estimate of drug-likeness (QED) is 0.175. The lowest BCUT2D eigenvalue weighted by atomic mass is 10.1. The van der Waals surface area contributed by atoms with E-state index in [1.165, 1.54) is 21.8 Å². The van der Waals surface area contributed by atoms with E-state index in [0.29, 0.717) is 110 Å². The number of rotatable bonds is 4. The molecule has 18 rings (SSSR count). The number of nitrogens with zero attached hydrogens (tertiary/aromatic N) is 8. The van der Waals surface area contributed by atoms with Gasteiger partial charge in [-0.05, 0) is 88.4 Å². The summed E-state index contributed by atoms with van der Waals surface area (Å²) in [5.74, 6) is 4.09. The van der Waals surface area contributed by atoms with Gasteiger partial charge in [0.05, 0.1) is 32.8 Å². The molecule has 8 heterocycles. The molecule has 408 valence electrons. The van der Waals surface area contributed by atoms with Gasteiger partial charge < -0.3 is 37.2 Å². The largest absolute Gasteiger partial charge is 0.451 e. The predicted molar refractivity (Wildman–Crippen MR) is 337 cm³/mol. The highest BCUT2D eigenvalue weighted by atomic mass is 35.5. The number of aryl methyl sites for hydroxylation is 4. The van der Waals surface area contributed by atoms with Crippen molar-refractivity contribution in [3.63, 3.8) is 0 Å². The molecule has 0 bridgehead atoms. The molecule has 0 saturated heterocycles. The maximum absolute atomic E-state index is 7.06. The van der Waals surface area contributed by atoms with Gasteiger partial charge in [-0.3, -0.25) is 0 Å². The Labute approximate surface area is 497 Å². The van der Waals surface area contributed by atoms with Crippen molar-refractivity contribution < 1.29 is 18.9 Å². The molecule has 0 radical (unpaired) electrons. The minimum absolute atomic E-state index is 0.316. The van der Waals surface area contributed by atoms with Crippen molar-refractivity contribution in [1.29, 1.82) is 0 Å². The van der Waals surface area contributed by atoms with Crippen LogP contribution in [0.4, 0.5) is 22.7 Å². The summed E-state index contributed by atoms with van der Waals surface area (Å²) in [6.45, 7) is 11.9. The fraction of sp³-hybridized carbons (Fsp3) is 0.118. The number of ether oxygens (including phenoxy) is 4. The maximum atomic E-state index is 7.06. The van der Waals surface area contributed by atoms with E-state index in [1.807, 2.05) is 36.4 Å². The summed E-state index contributed by atoms with van der Waals surface area (Å²) in [4.78, 5) is 19.9. The van der Waals surface area contributed by atoms with E-state index in [0.717, 1.165) is 91.6 Å². The maximum Gasteiger partial charge on any atom is 0.175 e. The van der Waals surface area contributed by atoms with E-state index < -0.39 is 0 Å². The van der Waals surface area contributed by atoms with Crippen molar-refractivity contribution in [1.82, 2.24) is 18.3 Å². The highest BCUT2D eigenvalue weighted by Crippen LogP contribution is 2.51. The van der Waals surface area contributed by atoms with Crippen LogP contribution in [-0.2, 0) is 26.2 Å². The zero-order chi connectivity index (χ0) is 56.5. The summed E-state index contributed by atoms with van der Waals surface area (Å²) >= 11 is 28.1. The van der Waals surface area contributed by atoms with Crippen LogP contribution >= 0.6 is 46.4 Å². The van der Waals surface area contributed by atoms with Gasteiger partial charge in [-0.1, -0.05) is 119 Å². The van der Waals surface area contributed by atoms with Crippen molar-refractivity contribution in [2.45, 2.75) is 53.9 Å². The van der Waals surface area contributed by atoms with Gasteiger partial charge in [0.25, 0.3) is 0 Å². The molecule has 10 aromatic carbocycles. The SMILES string of the molecule is CCn1c2ccccc2c2c3c(ccc21)N=c1c(Cl)c2c(c(Cl)c1O3)=Nc1ccc3c(c1O2)c1ccccc1n3CC.CCn1c2ccccc2c2cc3c(cc21)Oc1c(Cl)c2c(c(Cl)c1=N3)Oc1cc3c(cc1N=2)c1ccccc1n3CC. The molecular weight excluding hydrogens is 1130 g/mol. The Hall–Kier alpha value is -9.04. The second kappa shape index (κ2) is 18.2. The second-order valence-corrected chi connectivity index (χ2v) is 22.7. The Morgan fingerprint density at radius 2 is 0.607 bits per heavy atom. The average molecular weight is 1180 g/mol. The van der Waals surface area contributed by atoms with Crippen molar-refractivity contribution in [3.8, 4) is 46.0 Å². The lowest BCUT2D eigenvalue weighted by Crippen LogP contribution is -2.22. The molecule has 4 aromatic heterocycles. The molecule has 84 heavy (non-hydrogen) atoms. The van der Waals surface area contributed by atoms with E-state index in [9.17, 15) is 0 Å². The van der Waals surface area contributed by atoms with Crippen molar-refractivity contribution in [2.75, 3.05) is 0 Å². The molecule has 0 spiro atoms. The van der Waals surface area contributed by atoms with Gasteiger partial charge in [-0.2, -0.15) is 0 Å². The van der Waals surface area contributed by atoms with E-state index in [-0.39, 0.29) is 0 Å². The number of aromatic nitrogens is 4. The molecule has 0 N–H and O–H groups in total. The smallest absolute Gasteiger partial charge is 0.175 e. The molecule has 14 aromatic rings. The van der Waals surface area contributed by atoms with E-state index in [2.05, 4.69) is 155 Å². The molecule has 4 aliphatic heterocycles. The zero-order valence-corrected chi connectivity index (χ0v) is 48.4. The number of fused-ring (bicyclic) bond motifs is 22. The number of para-hydroxylation sites is 4. The van der Waals surface area contributed by atoms with E-state index >= 15 is 0 Å². The van der Waals surface area contributed by atoms with Crippen LogP contribution in [0.5, 0.6) is 46.0 Å². The summed E-state index contributed by atoms with van der Waals surface area (Å²) in [6.07, 6.45) is 0. The minimum atomic E-state index is 0.316. The highest BCUT2D eigenvalue weighted by Gasteiger charge is 2.32. The van der Waals surface area contributed by atoms with Crippen LogP contribution in [0, 0.1) is 0 Å². The van der Waals surface area contributed by atoms with Crippen molar-refractivity contribution in [2.24, 2.45) is 20.0 Å². The third-order valence-electron chi connectivity index (χ3n) is 17.0. The normalized spacial score (nSPS) is 13.2. The van der Waals surface area contributed by atoms with Crippen LogP contribution < -0.4 is 40.4 Å². The van der Waals surface area contributed by atoms with Crippen molar-refractivity contribution >= 4 is 156 Å². The van der Waals surface area contributed by atoms with Crippen LogP contribution in [0.15, 0.2) is 166 Å². The number of benzene rings is 10. The third kappa shape index (κ3) is 6.73. The summed E-state index contributed by atoms with van der Waals surface area (Å²) in [7, 11) is 0. The molecule has 0 amide bonds. The summed E-state index contributed by atoms with van der Waals surface area (Å²) < 4.78 is 35.3. The molecule has 16 heteroatoms. The Morgan fingerprint density at radius 3 is 0.976 bits per heavy atom. The average Bonchev–Trinajstić information content (AvgIpc) is 2.09. The number of hydrogen-bond acceptors (Lipinski definition) is 8. The fourth-order valence-electron chi connectivity index (χ4n) is 13.3. The molecule has 4 aliphatic rings. The fourth-order valence-corrected chi connectivity index (χ4v) is 14.4. The Morgan fingerprint density at radius 1 is 0.298 bits per heavy atom. The topological polar surface area (TPSA) is 106 Å². The second-order valence-electron chi connectivity index (χ2n) is 21.2. The Bertz CT molecular complexity index is 5290. The van der Waals surface area contributed by atoms with E-state index in [4.69, 9.17) is 85.3 Å². The third-order valence-corrected chi connectivity index (χ3v) is 18.4. The molecule has 12 nitrogen and oxygen atoms in total. The van der Waals surface area contributed by atoms with Gasteiger partial charge >= 0.3 is 0 Å².